The van der Waals surface area contributed by atoms with Crippen molar-refractivity contribution in [3.05, 3.63) is 51.8 Å². The zero-order valence-corrected chi connectivity index (χ0v) is 17.3. The number of carbonyl (C=O) groups is 1. The van der Waals surface area contributed by atoms with Crippen molar-refractivity contribution < 1.29 is 14.3 Å². The SMILES string of the molecule is COC(=O)c1cn(C)c2c1CCc1cnc(Nc3ccc(Br)cc3OC)nc1-2. The molecule has 0 radical (unpaired) electrons. The molecule has 1 aromatic carbocycles. The number of halogens is 1. The van der Waals surface area contributed by atoms with Crippen LogP contribution in [0.2, 0.25) is 0 Å². The number of nitrogens with one attached hydrogen (secondary N) is 1. The molecule has 2 aromatic heterocycles. The second-order valence-corrected chi connectivity index (χ2v) is 7.43. The molecule has 144 valence electrons. The van der Waals surface area contributed by atoms with Gasteiger partial charge in [-0.05, 0) is 42.2 Å². The maximum atomic E-state index is 12.1. The number of nitrogens with zero attached hydrogens (tertiary/aromatic N) is 3. The van der Waals surface area contributed by atoms with Gasteiger partial charge in [0.1, 0.15) is 5.75 Å². The largest absolute Gasteiger partial charge is 0.495 e. The Morgan fingerprint density at radius 3 is 2.86 bits per heavy atom. The summed E-state index contributed by atoms with van der Waals surface area (Å²) >= 11 is 3.44. The molecular formula is C20H19BrN4O3. The zero-order valence-electron chi connectivity index (χ0n) is 15.7. The van der Waals surface area contributed by atoms with E-state index in [4.69, 9.17) is 14.5 Å². The van der Waals surface area contributed by atoms with E-state index in [0.717, 1.165) is 45.5 Å². The van der Waals surface area contributed by atoms with Gasteiger partial charge < -0.3 is 19.4 Å². The number of aromatic nitrogens is 3. The van der Waals surface area contributed by atoms with Crippen LogP contribution in [0.1, 0.15) is 21.5 Å². The number of fused-ring (bicyclic) bond motifs is 3. The minimum absolute atomic E-state index is 0.327. The number of hydrogen-bond acceptors (Lipinski definition) is 6. The van der Waals surface area contributed by atoms with E-state index in [1.807, 2.05) is 36.0 Å². The molecule has 0 aliphatic heterocycles. The Kier molecular flexibility index (Phi) is 4.80. The highest BCUT2D eigenvalue weighted by atomic mass is 79.9. The van der Waals surface area contributed by atoms with Crippen molar-refractivity contribution in [1.29, 1.82) is 0 Å². The smallest absolute Gasteiger partial charge is 0.339 e. The van der Waals surface area contributed by atoms with Crippen LogP contribution in [0.15, 0.2) is 35.1 Å². The van der Waals surface area contributed by atoms with E-state index in [1.165, 1.54) is 7.11 Å². The molecule has 1 aliphatic rings. The third-order valence-electron chi connectivity index (χ3n) is 4.83. The highest BCUT2D eigenvalue weighted by Crippen LogP contribution is 2.36. The van der Waals surface area contributed by atoms with Crippen molar-refractivity contribution in [3.63, 3.8) is 0 Å². The normalized spacial score (nSPS) is 12.1. The third kappa shape index (κ3) is 3.13. The van der Waals surface area contributed by atoms with Crippen molar-refractivity contribution in [2.45, 2.75) is 12.8 Å². The highest BCUT2D eigenvalue weighted by Gasteiger charge is 2.27. The molecule has 0 fully saturated rings. The van der Waals surface area contributed by atoms with Gasteiger partial charge in [-0.2, -0.15) is 0 Å². The summed E-state index contributed by atoms with van der Waals surface area (Å²) in [5.74, 6) is 0.823. The molecule has 0 amide bonds. The summed E-state index contributed by atoms with van der Waals surface area (Å²) in [4.78, 5) is 21.3. The predicted octanol–water partition coefficient (Wildman–Crippen LogP) is 3.88. The number of ether oxygens (including phenoxy) is 2. The standard InChI is InChI=1S/C20H19BrN4O3/c1-25-10-14(19(26)28-3)13-6-4-11-9-22-20(24-17(11)18(13)25)23-15-7-5-12(21)8-16(15)27-2/h5,7-10H,4,6H2,1-3H3,(H,22,23,24). The second kappa shape index (κ2) is 7.27. The topological polar surface area (TPSA) is 78.3 Å². The van der Waals surface area contributed by atoms with Crippen LogP contribution in [0.3, 0.4) is 0 Å². The minimum atomic E-state index is -0.327. The number of hydrogen-bond donors (Lipinski definition) is 1. The van der Waals surface area contributed by atoms with Crippen LogP contribution >= 0.6 is 15.9 Å². The van der Waals surface area contributed by atoms with Crippen LogP contribution in [-0.4, -0.2) is 34.7 Å². The van der Waals surface area contributed by atoms with E-state index in [1.54, 1.807) is 13.3 Å². The number of methoxy groups -OCH3 is 2. The monoisotopic (exact) mass is 442 g/mol. The Labute approximate surface area is 170 Å². The van der Waals surface area contributed by atoms with Gasteiger partial charge in [-0.25, -0.2) is 14.8 Å². The minimum Gasteiger partial charge on any atom is -0.495 e. The summed E-state index contributed by atoms with van der Waals surface area (Å²) in [6.45, 7) is 0. The second-order valence-electron chi connectivity index (χ2n) is 6.51. The average molecular weight is 443 g/mol. The molecule has 2 heterocycles. The maximum Gasteiger partial charge on any atom is 0.339 e. The Morgan fingerprint density at radius 2 is 2.11 bits per heavy atom. The van der Waals surface area contributed by atoms with Gasteiger partial charge >= 0.3 is 5.97 Å². The molecule has 0 saturated carbocycles. The molecule has 28 heavy (non-hydrogen) atoms. The molecule has 1 N–H and O–H groups in total. The van der Waals surface area contributed by atoms with E-state index in [2.05, 4.69) is 26.2 Å². The van der Waals surface area contributed by atoms with Gasteiger partial charge in [-0.3, -0.25) is 0 Å². The summed E-state index contributed by atoms with van der Waals surface area (Å²) < 4.78 is 13.2. The maximum absolute atomic E-state index is 12.1. The molecule has 0 spiro atoms. The Morgan fingerprint density at radius 1 is 1.29 bits per heavy atom. The molecular weight excluding hydrogens is 424 g/mol. The lowest BCUT2D eigenvalue weighted by Gasteiger charge is -2.19. The van der Waals surface area contributed by atoms with E-state index < -0.39 is 0 Å². The number of aryl methyl sites for hydroxylation is 2. The van der Waals surface area contributed by atoms with Crippen LogP contribution in [-0.2, 0) is 24.6 Å². The molecule has 3 aromatic rings. The molecule has 0 atom stereocenters. The van der Waals surface area contributed by atoms with Crippen LogP contribution in [0.5, 0.6) is 5.75 Å². The summed E-state index contributed by atoms with van der Waals surface area (Å²) in [5.41, 5.74) is 5.13. The fourth-order valence-electron chi connectivity index (χ4n) is 3.53. The molecule has 7 nitrogen and oxygen atoms in total. The molecule has 0 saturated heterocycles. The molecule has 0 unspecified atom stereocenters. The van der Waals surface area contributed by atoms with Crippen molar-refractivity contribution >= 4 is 33.5 Å². The van der Waals surface area contributed by atoms with Gasteiger partial charge in [-0.15, -0.1) is 0 Å². The number of benzene rings is 1. The zero-order chi connectivity index (χ0) is 19.8. The Balaban J connectivity index is 1.75. The third-order valence-corrected chi connectivity index (χ3v) is 5.33. The average Bonchev–Trinajstić information content (AvgIpc) is 3.05. The van der Waals surface area contributed by atoms with Gasteiger partial charge in [0.2, 0.25) is 5.95 Å². The Bertz CT molecular complexity index is 1080. The van der Waals surface area contributed by atoms with Crippen molar-refractivity contribution in [1.82, 2.24) is 14.5 Å². The van der Waals surface area contributed by atoms with Crippen molar-refractivity contribution in [2.75, 3.05) is 19.5 Å². The first-order valence-electron chi connectivity index (χ1n) is 8.75. The van der Waals surface area contributed by atoms with Crippen LogP contribution < -0.4 is 10.1 Å². The van der Waals surface area contributed by atoms with Gasteiger partial charge in [-0.1, -0.05) is 15.9 Å². The van der Waals surface area contributed by atoms with Crippen molar-refractivity contribution in [3.8, 4) is 17.1 Å². The van der Waals surface area contributed by atoms with E-state index in [-0.39, 0.29) is 5.97 Å². The molecule has 1 aliphatic carbocycles. The lowest BCUT2D eigenvalue weighted by atomic mass is 9.93. The van der Waals surface area contributed by atoms with E-state index in [9.17, 15) is 4.79 Å². The van der Waals surface area contributed by atoms with E-state index in [0.29, 0.717) is 17.3 Å². The van der Waals surface area contributed by atoms with Crippen LogP contribution in [0, 0.1) is 0 Å². The Hall–Kier alpha value is -2.87. The number of anilines is 2. The quantitative estimate of drug-likeness (QED) is 0.617. The molecule has 8 heteroatoms. The summed E-state index contributed by atoms with van der Waals surface area (Å²) in [5, 5.41) is 3.22. The fourth-order valence-corrected chi connectivity index (χ4v) is 3.87. The summed E-state index contributed by atoms with van der Waals surface area (Å²) in [6.07, 6.45) is 5.17. The first kappa shape index (κ1) is 18.5. The van der Waals surface area contributed by atoms with Gasteiger partial charge in [0.15, 0.2) is 0 Å². The summed E-state index contributed by atoms with van der Waals surface area (Å²) in [6, 6.07) is 5.69. The highest BCUT2D eigenvalue weighted by molar-refractivity contribution is 9.10. The first-order valence-corrected chi connectivity index (χ1v) is 9.54. The van der Waals surface area contributed by atoms with Gasteiger partial charge in [0.05, 0.1) is 36.9 Å². The lowest BCUT2D eigenvalue weighted by Crippen LogP contribution is -2.12. The van der Waals surface area contributed by atoms with E-state index >= 15 is 0 Å². The number of esters is 1. The fraction of sp³-hybridized carbons (Fsp3) is 0.250. The lowest BCUT2D eigenvalue weighted by molar-refractivity contribution is 0.0599. The number of carbonyl (C=O) groups excluding carboxylic acids is 1. The first-order chi connectivity index (χ1) is 13.5. The molecule has 4 rings (SSSR count). The van der Waals surface area contributed by atoms with Crippen LogP contribution in [0.4, 0.5) is 11.6 Å². The predicted molar refractivity (Wildman–Crippen MR) is 109 cm³/mol. The summed E-state index contributed by atoms with van der Waals surface area (Å²) in [7, 11) is 4.92. The van der Waals surface area contributed by atoms with Crippen molar-refractivity contribution in [2.24, 2.45) is 7.05 Å². The molecule has 0 bridgehead atoms. The van der Waals surface area contributed by atoms with Gasteiger partial charge in [0, 0.05) is 23.9 Å². The van der Waals surface area contributed by atoms with Gasteiger partial charge in [0.25, 0.3) is 0 Å². The number of rotatable bonds is 4. The van der Waals surface area contributed by atoms with Crippen LogP contribution in [0.25, 0.3) is 11.4 Å².